The topological polar surface area (TPSA) is 27.7 Å². The van der Waals surface area contributed by atoms with Gasteiger partial charge >= 0.3 is 8.80 Å². The molecule has 0 N–H and O–H groups in total. The highest BCUT2D eigenvalue weighted by molar-refractivity contribution is 6.68. The minimum absolute atomic E-state index is 0.545. The maximum Gasteiger partial charge on any atom is 0.533 e. The first-order valence-corrected chi connectivity index (χ1v) is 8.40. The second kappa shape index (κ2) is 8.42. The van der Waals surface area contributed by atoms with E-state index in [2.05, 4.69) is 18.2 Å². The summed E-state index contributed by atoms with van der Waals surface area (Å²) in [6.45, 7) is 7.73. The monoisotopic (exact) mass is 268 g/mol. The fourth-order valence-electron chi connectivity index (χ4n) is 1.89. The number of allylic oxidation sites excluding steroid dienone is 5. The summed E-state index contributed by atoms with van der Waals surface area (Å²) >= 11 is 0. The van der Waals surface area contributed by atoms with E-state index in [0.717, 1.165) is 12.8 Å². The summed E-state index contributed by atoms with van der Waals surface area (Å²) in [5.74, 6) is 0. The van der Waals surface area contributed by atoms with Crippen molar-refractivity contribution in [1.82, 2.24) is 0 Å². The van der Waals surface area contributed by atoms with Crippen molar-refractivity contribution < 1.29 is 13.3 Å². The van der Waals surface area contributed by atoms with Crippen molar-refractivity contribution in [3.8, 4) is 0 Å². The molecule has 1 aliphatic rings. The van der Waals surface area contributed by atoms with Crippen LogP contribution in [0.1, 0.15) is 33.6 Å². The number of hydrogen-bond acceptors (Lipinski definition) is 3. The van der Waals surface area contributed by atoms with Crippen LogP contribution in [0.15, 0.2) is 35.6 Å². The van der Waals surface area contributed by atoms with Crippen LogP contribution < -0.4 is 0 Å². The largest absolute Gasteiger partial charge is 0.533 e. The average molecular weight is 268 g/mol. The molecule has 0 fully saturated rings. The Labute approximate surface area is 112 Å². The van der Waals surface area contributed by atoms with Gasteiger partial charge in [-0.25, -0.2) is 0 Å². The molecule has 0 aromatic carbocycles. The van der Waals surface area contributed by atoms with Gasteiger partial charge in [0.15, 0.2) is 0 Å². The fourth-order valence-corrected chi connectivity index (χ4v) is 4.53. The van der Waals surface area contributed by atoms with E-state index in [4.69, 9.17) is 13.3 Å². The molecule has 0 unspecified atom stereocenters. The summed E-state index contributed by atoms with van der Waals surface area (Å²) in [7, 11) is -2.67. The first-order valence-electron chi connectivity index (χ1n) is 6.68. The summed E-state index contributed by atoms with van der Waals surface area (Å²) in [5, 5.41) is 1.19. The minimum Gasteiger partial charge on any atom is -0.370 e. The molecule has 0 bridgehead atoms. The highest BCUT2D eigenvalue weighted by Crippen LogP contribution is 2.26. The lowest BCUT2D eigenvalue weighted by Gasteiger charge is -2.31. The highest BCUT2D eigenvalue weighted by Gasteiger charge is 2.44. The molecule has 1 aliphatic carbocycles. The van der Waals surface area contributed by atoms with Crippen molar-refractivity contribution in [2.75, 3.05) is 19.8 Å². The standard InChI is InChI=1S/C14H24O3Si/c1-4-7-13-17-18(15-5-2,16-6-3)14-11-9-8-10-12-14/h4,7-9,11H,5-6,10,12-13H2,1-3H3/b7-4+. The molecule has 0 saturated carbocycles. The second-order valence-corrected chi connectivity index (χ2v) is 6.58. The van der Waals surface area contributed by atoms with Gasteiger partial charge in [-0.2, -0.15) is 0 Å². The van der Waals surface area contributed by atoms with Crippen LogP contribution in [0.5, 0.6) is 0 Å². The van der Waals surface area contributed by atoms with Gasteiger partial charge in [-0.1, -0.05) is 30.4 Å². The van der Waals surface area contributed by atoms with Gasteiger partial charge in [-0.3, -0.25) is 0 Å². The van der Waals surface area contributed by atoms with Crippen molar-refractivity contribution in [3.63, 3.8) is 0 Å². The zero-order chi connectivity index (χ0) is 13.3. The maximum absolute atomic E-state index is 6.00. The Morgan fingerprint density at radius 1 is 1.22 bits per heavy atom. The minimum atomic E-state index is -2.67. The van der Waals surface area contributed by atoms with Gasteiger partial charge in [0.25, 0.3) is 0 Å². The van der Waals surface area contributed by atoms with Gasteiger partial charge in [-0.15, -0.1) is 0 Å². The first kappa shape index (κ1) is 15.4. The van der Waals surface area contributed by atoms with Gasteiger partial charge in [-0.05, 0) is 33.6 Å². The van der Waals surface area contributed by atoms with E-state index in [-0.39, 0.29) is 0 Å². The van der Waals surface area contributed by atoms with E-state index in [1.54, 1.807) is 0 Å². The van der Waals surface area contributed by atoms with Gasteiger partial charge < -0.3 is 13.3 Å². The van der Waals surface area contributed by atoms with Crippen LogP contribution in [0.25, 0.3) is 0 Å². The third kappa shape index (κ3) is 4.21. The average Bonchev–Trinajstić information content (AvgIpc) is 2.40. The van der Waals surface area contributed by atoms with Crippen LogP contribution in [0.4, 0.5) is 0 Å². The molecule has 18 heavy (non-hydrogen) atoms. The van der Waals surface area contributed by atoms with Gasteiger partial charge in [0.05, 0.1) is 6.61 Å². The molecule has 0 atom stereocenters. The number of rotatable bonds is 8. The van der Waals surface area contributed by atoms with Crippen molar-refractivity contribution in [2.45, 2.75) is 33.6 Å². The van der Waals surface area contributed by atoms with E-state index >= 15 is 0 Å². The Morgan fingerprint density at radius 2 is 1.94 bits per heavy atom. The lowest BCUT2D eigenvalue weighted by atomic mass is 10.2. The Morgan fingerprint density at radius 3 is 2.44 bits per heavy atom. The second-order valence-electron chi connectivity index (χ2n) is 3.96. The third-order valence-corrected chi connectivity index (χ3v) is 5.77. The SMILES string of the molecule is C/C=C/CO[Si](OCC)(OCC)C1=CC=CCC1. The van der Waals surface area contributed by atoms with Gasteiger partial charge in [0.1, 0.15) is 0 Å². The molecule has 1 rings (SSSR count). The Bertz CT molecular complexity index is 315. The molecular weight excluding hydrogens is 244 g/mol. The summed E-state index contributed by atoms with van der Waals surface area (Å²) in [6, 6.07) is 0. The number of hydrogen-bond donors (Lipinski definition) is 0. The lowest BCUT2D eigenvalue weighted by Crippen LogP contribution is -2.48. The molecule has 0 aromatic rings. The first-order chi connectivity index (χ1) is 8.79. The van der Waals surface area contributed by atoms with Crippen LogP contribution in [0.2, 0.25) is 0 Å². The molecule has 3 nitrogen and oxygen atoms in total. The lowest BCUT2D eigenvalue weighted by molar-refractivity contribution is 0.0845. The van der Waals surface area contributed by atoms with E-state index < -0.39 is 8.80 Å². The normalized spacial score (nSPS) is 16.3. The Hall–Kier alpha value is -0.683. The smallest absolute Gasteiger partial charge is 0.370 e. The molecule has 0 heterocycles. The highest BCUT2D eigenvalue weighted by atomic mass is 28.4. The van der Waals surface area contributed by atoms with E-state index in [1.165, 1.54) is 5.20 Å². The summed E-state index contributed by atoms with van der Waals surface area (Å²) in [4.78, 5) is 0. The molecule has 0 amide bonds. The van der Waals surface area contributed by atoms with Gasteiger partial charge in [0.2, 0.25) is 0 Å². The van der Waals surface area contributed by atoms with Crippen LogP contribution >= 0.6 is 0 Å². The zero-order valence-corrected chi connectivity index (χ0v) is 12.6. The molecule has 0 radical (unpaired) electrons. The molecule has 0 spiro atoms. The van der Waals surface area contributed by atoms with Crippen molar-refractivity contribution in [1.29, 1.82) is 0 Å². The van der Waals surface area contributed by atoms with E-state index in [0.29, 0.717) is 19.8 Å². The summed E-state index contributed by atoms with van der Waals surface area (Å²) in [5.41, 5.74) is 0. The van der Waals surface area contributed by atoms with Gasteiger partial charge in [0, 0.05) is 18.4 Å². The van der Waals surface area contributed by atoms with Crippen molar-refractivity contribution in [2.24, 2.45) is 0 Å². The van der Waals surface area contributed by atoms with Crippen molar-refractivity contribution in [3.05, 3.63) is 35.6 Å². The third-order valence-electron chi connectivity index (χ3n) is 2.68. The summed E-state index contributed by atoms with van der Waals surface area (Å²) in [6.07, 6.45) is 12.3. The Kier molecular flexibility index (Phi) is 7.20. The molecule has 102 valence electrons. The van der Waals surface area contributed by atoms with E-state index in [9.17, 15) is 0 Å². The van der Waals surface area contributed by atoms with Crippen LogP contribution in [-0.2, 0) is 13.3 Å². The predicted molar refractivity (Wildman–Crippen MR) is 76.2 cm³/mol. The molecule has 0 saturated heterocycles. The van der Waals surface area contributed by atoms with E-state index in [1.807, 2.05) is 32.9 Å². The van der Waals surface area contributed by atoms with Crippen LogP contribution in [0, 0.1) is 0 Å². The fraction of sp³-hybridized carbons (Fsp3) is 0.571. The van der Waals surface area contributed by atoms with Crippen LogP contribution in [0.3, 0.4) is 0 Å². The van der Waals surface area contributed by atoms with Crippen molar-refractivity contribution >= 4 is 8.80 Å². The quantitative estimate of drug-likeness (QED) is 0.499. The molecular formula is C14H24O3Si. The Balaban J connectivity index is 2.87. The molecule has 4 heteroatoms. The molecule has 0 aromatic heterocycles. The molecule has 0 aliphatic heterocycles. The predicted octanol–water partition coefficient (Wildman–Crippen LogP) is 3.41. The van der Waals surface area contributed by atoms with Crippen LogP contribution in [-0.4, -0.2) is 28.6 Å². The zero-order valence-electron chi connectivity index (χ0n) is 11.6. The maximum atomic E-state index is 6.00. The summed E-state index contributed by atoms with van der Waals surface area (Å²) < 4.78 is 17.8.